The van der Waals surface area contributed by atoms with Gasteiger partial charge in [0.05, 0.1) is 0 Å². The number of carbonyl (C=O) groups excluding carboxylic acids is 1. The van der Waals surface area contributed by atoms with Crippen LogP contribution in [0.15, 0.2) is 97.1 Å². The fourth-order valence-electron chi connectivity index (χ4n) is 3.47. The molecule has 1 unspecified atom stereocenters. The lowest BCUT2D eigenvalue weighted by atomic mass is 9.96. The highest BCUT2D eigenvalue weighted by atomic mass is 35.5. The number of hydrogen-bond acceptors (Lipinski definition) is 3. The van der Waals surface area contributed by atoms with Crippen molar-refractivity contribution >= 4 is 29.1 Å². The SMILES string of the molecule is Cl.NC(Cc1ccc(-c2cccc3ccccc23)cc1)C(=O)OCc1ccccc1. The van der Waals surface area contributed by atoms with E-state index in [2.05, 4.69) is 48.5 Å². The predicted molar refractivity (Wildman–Crippen MR) is 125 cm³/mol. The van der Waals surface area contributed by atoms with Crippen molar-refractivity contribution in [1.82, 2.24) is 0 Å². The number of ether oxygens (including phenoxy) is 1. The van der Waals surface area contributed by atoms with Gasteiger partial charge in [0.2, 0.25) is 0 Å². The van der Waals surface area contributed by atoms with Gasteiger partial charge in [-0.15, -0.1) is 12.4 Å². The van der Waals surface area contributed by atoms with Gasteiger partial charge in [-0.05, 0) is 39.4 Å². The van der Waals surface area contributed by atoms with Crippen molar-refractivity contribution in [2.75, 3.05) is 0 Å². The van der Waals surface area contributed by atoms with Crippen LogP contribution in [0, 0.1) is 0 Å². The summed E-state index contributed by atoms with van der Waals surface area (Å²) in [5, 5.41) is 2.45. The number of carbonyl (C=O) groups is 1. The molecule has 0 bridgehead atoms. The minimum atomic E-state index is -0.679. The molecule has 2 N–H and O–H groups in total. The lowest BCUT2D eigenvalue weighted by Gasteiger charge is -2.12. The number of esters is 1. The molecule has 1 atom stereocenters. The maximum absolute atomic E-state index is 12.2. The van der Waals surface area contributed by atoms with E-state index in [-0.39, 0.29) is 25.0 Å². The summed E-state index contributed by atoms with van der Waals surface area (Å²) >= 11 is 0. The molecule has 0 spiro atoms. The molecule has 4 rings (SSSR count). The van der Waals surface area contributed by atoms with Gasteiger partial charge in [-0.25, -0.2) is 0 Å². The number of fused-ring (bicyclic) bond motifs is 1. The molecule has 0 fully saturated rings. The van der Waals surface area contributed by atoms with Crippen molar-refractivity contribution < 1.29 is 9.53 Å². The van der Waals surface area contributed by atoms with Gasteiger partial charge in [0.1, 0.15) is 12.6 Å². The number of rotatable bonds is 6. The molecule has 0 aliphatic heterocycles. The largest absolute Gasteiger partial charge is 0.460 e. The zero-order valence-electron chi connectivity index (χ0n) is 16.5. The average Bonchev–Trinajstić information content (AvgIpc) is 2.78. The van der Waals surface area contributed by atoms with Crippen LogP contribution < -0.4 is 5.73 Å². The summed E-state index contributed by atoms with van der Waals surface area (Å²) in [6, 6.07) is 31.8. The third-order valence-electron chi connectivity index (χ3n) is 5.04. The normalized spacial score (nSPS) is 11.5. The maximum atomic E-state index is 12.2. The van der Waals surface area contributed by atoms with E-state index in [4.69, 9.17) is 10.5 Å². The van der Waals surface area contributed by atoms with Crippen LogP contribution in [-0.2, 0) is 22.6 Å². The lowest BCUT2D eigenvalue weighted by molar-refractivity contribution is -0.146. The molecule has 0 aromatic heterocycles. The minimum Gasteiger partial charge on any atom is -0.460 e. The molecule has 4 aromatic carbocycles. The van der Waals surface area contributed by atoms with Gasteiger partial charge in [0, 0.05) is 0 Å². The van der Waals surface area contributed by atoms with Crippen molar-refractivity contribution in [1.29, 1.82) is 0 Å². The Labute approximate surface area is 182 Å². The highest BCUT2D eigenvalue weighted by molar-refractivity contribution is 5.96. The first-order chi connectivity index (χ1) is 14.2. The van der Waals surface area contributed by atoms with Crippen LogP contribution in [0.4, 0.5) is 0 Å². The zero-order valence-corrected chi connectivity index (χ0v) is 17.3. The molecular weight excluding hydrogens is 394 g/mol. The van der Waals surface area contributed by atoms with Crippen LogP contribution in [0.2, 0.25) is 0 Å². The quantitative estimate of drug-likeness (QED) is 0.419. The monoisotopic (exact) mass is 417 g/mol. The molecule has 0 aliphatic rings. The third kappa shape index (κ3) is 5.07. The first kappa shape index (κ1) is 21.6. The first-order valence-electron chi connectivity index (χ1n) is 9.74. The van der Waals surface area contributed by atoms with E-state index in [0.29, 0.717) is 6.42 Å². The fourth-order valence-corrected chi connectivity index (χ4v) is 3.47. The van der Waals surface area contributed by atoms with Crippen LogP contribution in [0.5, 0.6) is 0 Å². The first-order valence-corrected chi connectivity index (χ1v) is 9.74. The summed E-state index contributed by atoms with van der Waals surface area (Å²) in [6.45, 7) is 0.243. The summed E-state index contributed by atoms with van der Waals surface area (Å²) in [5.74, 6) is -0.382. The Morgan fingerprint density at radius 2 is 1.43 bits per heavy atom. The Bertz CT molecular complexity index is 1110. The summed E-state index contributed by atoms with van der Waals surface area (Å²) in [5.41, 5.74) is 10.4. The molecule has 4 aromatic rings. The summed E-state index contributed by atoms with van der Waals surface area (Å²) < 4.78 is 5.34. The lowest BCUT2D eigenvalue weighted by Crippen LogP contribution is -2.34. The average molecular weight is 418 g/mol. The predicted octanol–water partition coefficient (Wildman–Crippen LogP) is 5.54. The summed E-state index contributed by atoms with van der Waals surface area (Å²) in [4.78, 5) is 12.2. The van der Waals surface area contributed by atoms with Gasteiger partial charge in [-0.3, -0.25) is 4.79 Å². The Morgan fingerprint density at radius 3 is 2.20 bits per heavy atom. The Morgan fingerprint density at radius 1 is 0.767 bits per heavy atom. The Kier molecular flexibility index (Phi) is 7.23. The van der Waals surface area contributed by atoms with E-state index in [1.165, 1.54) is 16.3 Å². The molecule has 30 heavy (non-hydrogen) atoms. The van der Waals surface area contributed by atoms with Crippen molar-refractivity contribution in [2.45, 2.75) is 19.1 Å². The number of nitrogens with two attached hydrogens (primary N) is 1. The second-order valence-electron chi connectivity index (χ2n) is 7.13. The van der Waals surface area contributed by atoms with Gasteiger partial charge < -0.3 is 10.5 Å². The van der Waals surface area contributed by atoms with Gasteiger partial charge >= 0.3 is 5.97 Å². The summed E-state index contributed by atoms with van der Waals surface area (Å²) in [6.07, 6.45) is 0.448. The highest BCUT2D eigenvalue weighted by Crippen LogP contribution is 2.28. The molecular formula is C26H24ClNO2. The van der Waals surface area contributed by atoms with Crippen molar-refractivity contribution in [3.05, 3.63) is 108 Å². The van der Waals surface area contributed by atoms with E-state index in [9.17, 15) is 4.79 Å². The standard InChI is InChI=1S/C26H23NO2.ClH/c27-25(26(28)29-18-20-7-2-1-3-8-20)17-19-13-15-22(16-14-19)24-12-6-10-21-9-4-5-11-23(21)24;/h1-16,25H,17-18,27H2;1H. The molecule has 0 saturated carbocycles. The smallest absolute Gasteiger partial charge is 0.323 e. The van der Waals surface area contributed by atoms with Crippen LogP contribution in [-0.4, -0.2) is 12.0 Å². The van der Waals surface area contributed by atoms with Crippen LogP contribution in [0.1, 0.15) is 11.1 Å². The third-order valence-corrected chi connectivity index (χ3v) is 5.04. The maximum Gasteiger partial charge on any atom is 0.323 e. The second-order valence-corrected chi connectivity index (χ2v) is 7.13. The molecule has 152 valence electrons. The van der Waals surface area contributed by atoms with Gasteiger partial charge in [-0.2, -0.15) is 0 Å². The minimum absolute atomic E-state index is 0. The molecule has 3 nitrogen and oxygen atoms in total. The van der Waals surface area contributed by atoms with Gasteiger partial charge in [0.25, 0.3) is 0 Å². The van der Waals surface area contributed by atoms with E-state index in [1.807, 2.05) is 48.5 Å². The summed E-state index contributed by atoms with van der Waals surface area (Å²) in [7, 11) is 0. The topological polar surface area (TPSA) is 52.3 Å². The van der Waals surface area contributed by atoms with Crippen LogP contribution in [0.3, 0.4) is 0 Å². The molecule has 4 heteroatoms. The number of hydrogen-bond donors (Lipinski definition) is 1. The molecule has 0 saturated heterocycles. The van der Waals surface area contributed by atoms with Gasteiger partial charge in [0.15, 0.2) is 0 Å². The fraction of sp³-hybridized carbons (Fsp3) is 0.115. The molecule has 0 aliphatic carbocycles. The van der Waals surface area contributed by atoms with Crippen molar-refractivity contribution in [2.24, 2.45) is 5.73 Å². The van der Waals surface area contributed by atoms with E-state index < -0.39 is 6.04 Å². The molecule has 0 amide bonds. The van der Waals surface area contributed by atoms with E-state index in [0.717, 1.165) is 16.7 Å². The second kappa shape index (κ2) is 10.1. The van der Waals surface area contributed by atoms with Crippen molar-refractivity contribution in [3.8, 4) is 11.1 Å². The van der Waals surface area contributed by atoms with Crippen LogP contribution >= 0.6 is 12.4 Å². The molecule has 0 heterocycles. The number of benzene rings is 4. The van der Waals surface area contributed by atoms with E-state index in [1.54, 1.807) is 0 Å². The van der Waals surface area contributed by atoms with Crippen molar-refractivity contribution in [3.63, 3.8) is 0 Å². The Hall–Kier alpha value is -3.14. The number of halogens is 1. The Balaban J connectivity index is 0.00000256. The highest BCUT2D eigenvalue weighted by Gasteiger charge is 2.16. The van der Waals surface area contributed by atoms with Gasteiger partial charge in [-0.1, -0.05) is 97.1 Å². The zero-order chi connectivity index (χ0) is 20.1. The molecule has 0 radical (unpaired) electrons. The van der Waals surface area contributed by atoms with E-state index >= 15 is 0 Å². The van der Waals surface area contributed by atoms with Crippen LogP contribution in [0.25, 0.3) is 21.9 Å².